The highest BCUT2D eigenvalue weighted by molar-refractivity contribution is 5.82. The Morgan fingerprint density at radius 2 is 1.39 bits per heavy atom. The molecule has 0 aliphatic carbocycles. The molecule has 0 spiro atoms. The van der Waals surface area contributed by atoms with E-state index in [9.17, 15) is 15.0 Å². The van der Waals surface area contributed by atoms with Gasteiger partial charge in [-0.2, -0.15) is 0 Å². The van der Waals surface area contributed by atoms with Crippen molar-refractivity contribution in [3.05, 3.63) is 59.7 Å². The van der Waals surface area contributed by atoms with Crippen LogP contribution in [0.25, 0.3) is 0 Å². The minimum Gasteiger partial charge on any atom is -0.508 e. The van der Waals surface area contributed by atoms with Crippen LogP contribution >= 0.6 is 0 Å². The molecular weight excluding hydrogens is 292 g/mol. The number of phenolic OH excluding ortho intramolecular Hbond substituents is 2. The lowest BCUT2D eigenvalue weighted by atomic mass is 9.91. The maximum atomic E-state index is 12.5. The minimum atomic E-state index is -0.571. The average Bonchev–Trinajstić information content (AvgIpc) is 2.55. The molecule has 0 saturated heterocycles. The third kappa shape index (κ3) is 4.74. The Labute approximate surface area is 136 Å². The van der Waals surface area contributed by atoms with Crippen LogP contribution in [0.4, 0.5) is 0 Å². The van der Waals surface area contributed by atoms with Crippen molar-refractivity contribution in [1.29, 1.82) is 0 Å². The molecule has 0 amide bonds. The number of aromatic hydroxyl groups is 2. The quantitative estimate of drug-likeness (QED) is 0.599. The second-order valence-electron chi connectivity index (χ2n) is 5.49. The predicted molar refractivity (Wildman–Crippen MR) is 88.5 cm³/mol. The van der Waals surface area contributed by atoms with Crippen LogP contribution in [0.2, 0.25) is 0 Å². The van der Waals surface area contributed by atoms with Crippen molar-refractivity contribution in [1.82, 2.24) is 0 Å². The third-order valence-corrected chi connectivity index (χ3v) is 3.68. The molecule has 0 aliphatic rings. The number of ether oxygens (including phenoxy) is 1. The molecule has 0 bridgehead atoms. The highest BCUT2D eigenvalue weighted by Gasteiger charge is 2.24. The van der Waals surface area contributed by atoms with E-state index in [0.29, 0.717) is 6.61 Å². The number of carbonyl (C=O) groups excluding carboxylic acids is 1. The number of hydrogen-bond donors (Lipinski definition) is 2. The van der Waals surface area contributed by atoms with Gasteiger partial charge in [0, 0.05) is 0 Å². The van der Waals surface area contributed by atoms with Crippen LogP contribution in [0, 0.1) is 0 Å². The van der Waals surface area contributed by atoms with Gasteiger partial charge >= 0.3 is 5.97 Å². The molecule has 122 valence electrons. The molecule has 4 nitrogen and oxygen atoms in total. The van der Waals surface area contributed by atoms with Gasteiger partial charge in [-0.25, -0.2) is 0 Å². The molecule has 2 aromatic rings. The smallest absolute Gasteiger partial charge is 0.317 e. The van der Waals surface area contributed by atoms with E-state index < -0.39 is 5.92 Å². The lowest BCUT2D eigenvalue weighted by Crippen LogP contribution is -2.18. The standard InChI is InChI=1S/C19H22O4/c1-2-3-4-13-23-19(22)18(14-5-9-16(20)10-6-14)15-7-11-17(21)12-8-15/h5-12,18,20-21H,2-4,13H2,1H3. The molecule has 4 heteroatoms. The first-order valence-corrected chi connectivity index (χ1v) is 7.86. The summed E-state index contributed by atoms with van der Waals surface area (Å²) in [4.78, 5) is 12.5. The molecule has 0 saturated carbocycles. The van der Waals surface area contributed by atoms with Crippen molar-refractivity contribution in [3.8, 4) is 11.5 Å². The average molecular weight is 314 g/mol. The van der Waals surface area contributed by atoms with E-state index in [1.807, 2.05) is 0 Å². The van der Waals surface area contributed by atoms with Crippen LogP contribution in [0.5, 0.6) is 11.5 Å². The minimum absolute atomic E-state index is 0.148. The molecule has 0 atom stereocenters. The van der Waals surface area contributed by atoms with Crippen molar-refractivity contribution in [2.75, 3.05) is 6.61 Å². The van der Waals surface area contributed by atoms with Gasteiger partial charge in [0.25, 0.3) is 0 Å². The van der Waals surface area contributed by atoms with Crippen LogP contribution in [0.3, 0.4) is 0 Å². The zero-order valence-electron chi connectivity index (χ0n) is 13.2. The van der Waals surface area contributed by atoms with Gasteiger partial charge < -0.3 is 14.9 Å². The fraction of sp³-hybridized carbons (Fsp3) is 0.316. The monoisotopic (exact) mass is 314 g/mol. The lowest BCUT2D eigenvalue weighted by molar-refractivity contribution is -0.144. The fourth-order valence-electron chi connectivity index (χ4n) is 2.41. The maximum Gasteiger partial charge on any atom is 0.317 e. The summed E-state index contributed by atoms with van der Waals surface area (Å²) < 4.78 is 5.41. The third-order valence-electron chi connectivity index (χ3n) is 3.68. The van der Waals surface area contributed by atoms with Crippen LogP contribution in [-0.2, 0) is 9.53 Å². The lowest BCUT2D eigenvalue weighted by Gasteiger charge is -2.17. The Morgan fingerprint density at radius 3 is 1.83 bits per heavy atom. The summed E-state index contributed by atoms with van der Waals surface area (Å²) in [5, 5.41) is 18.9. The molecule has 23 heavy (non-hydrogen) atoms. The molecule has 0 aliphatic heterocycles. The van der Waals surface area contributed by atoms with Crippen molar-refractivity contribution in [3.63, 3.8) is 0 Å². The zero-order valence-corrected chi connectivity index (χ0v) is 13.2. The van der Waals surface area contributed by atoms with Gasteiger partial charge in [-0.15, -0.1) is 0 Å². The van der Waals surface area contributed by atoms with Gasteiger partial charge in [0.15, 0.2) is 0 Å². The fourth-order valence-corrected chi connectivity index (χ4v) is 2.41. The number of benzene rings is 2. The number of unbranched alkanes of at least 4 members (excludes halogenated alkanes) is 2. The molecular formula is C19H22O4. The Hall–Kier alpha value is -2.49. The normalized spacial score (nSPS) is 10.7. The molecule has 2 N–H and O–H groups in total. The van der Waals surface area contributed by atoms with Gasteiger partial charge in [0.2, 0.25) is 0 Å². The summed E-state index contributed by atoms with van der Waals surface area (Å²) in [6.07, 6.45) is 2.94. The van der Waals surface area contributed by atoms with Crippen LogP contribution < -0.4 is 0 Å². The molecule has 2 rings (SSSR count). The second-order valence-corrected chi connectivity index (χ2v) is 5.49. The number of esters is 1. The van der Waals surface area contributed by atoms with E-state index in [2.05, 4.69) is 6.92 Å². The van der Waals surface area contributed by atoms with Crippen molar-refractivity contribution >= 4 is 5.97 Å². The van der Waals surface area contributed by atoms with Crippen molar-refractivity contribution < 1.29 is 19.7 Å². The summed E-state index contributed by atoms with van der Waals surface area (Å²) >= 11 is 0. The van der Waals surface area contributed by atoms with E-state index in [0.717, 1.165) is 30.4 Å². The van der Waals surface area contributed by atoms with E-state index in [1.165, 1.54) is 0 Å². The molecule has 0 radical (unpaired) electrons. The SMILES string of the molecule is CCCCCOC(=O)C(c1ccc(O)cc1)c1ccc(O)cc1. The first kappa shape index (κ1) is 16.9. The Morgan fingerprint density at radius 1 is 0.913 bits per heavy atom. The molecule has 0 unspecified atom stereocenters. The molecule has 0 aromatic heterocycles. The Balaban J connectivity index is 2.22. The second kappa shape index (κ2) is 8.22. The summed E-state index contributed by atoms with van der Waals surface area (Å²) in [7, 11) is 0. The summed E-state index contributed by atoms with van der Waals surface area (Å²) in [5.41, 5.74) is 1.49. The van der Waals surface area contributed by atoms with E-state index in [1.54, 1.807) is 48.5 Å². The van der Waals surface area contributed by atoms with Crippen LogP contribution in [-0.4, -0.2) is 22.8 Å². The Kier molecular flexibility index (Phi) is 6.03. The number of rotatable bonds is 7. The summed E-state index contributed by atoms with van der Waals surface area (Å²) in [6.45, 7) is 2.50. The molecule has 2 aromatic carbocycles. The molecule has 0 fully saturated rings. The number of hydrogen-bond acceptors (Lipinski definition) is 4. The first-order valence-electron chi connectivity index (χ1n) is 7.86. The van der Waals surface area contributed by atoms with Gasteiger partial charge in [-0.1, -0.05) is 44.0 Å². The van der Waals surface area contributed by atoms with Crippen molar-refractivity contribution in [2.45, 2.75) is 32.1 Å². The zero-order chi connectivity index (χ0) is 16.7. The van der Waals surface area contributed by atoms with Crippen LogP contribution in [0.1, 0.15) is 43.2 Å². The van der Waals surface area contributed by atoms with E-state index in [-0.39, 0.29) is 17.5 Å². The van der Waals surface area contributed by atoms with Gasteiger partial charge in [-0.05, 0) is 41.8 Å². The predicted octanol–water partition coefficient (Wildman–Crippen LogP) is 3.96. The largest absolute Gasteiger partial charge is 0.508 e. The maximum absolute atomic E-state index is 12.5. The van der Waals surface area contributed by atoms with Crippen LogP contribution in [0.15, 0.2) is 48.5 Å². The topological polar surface area (TPSA) is 66.8 Å². The van der Waals surface area contributed by atoms with Gasteiger partial charge in [0.1, 0.15) is 17.4 Å². The molecule has 0 heterocycles. The first-order chi connectivity index (χ1) is 11.1. The number of phenols is 2. The Bertz CT molecular complexity index is 571. The van der Waals surface area contributed by atoms with Crippen molar-refractivity contribution in [2.24, 2.45) is 0 Å². The highest BCUT2D eigenvalue weighted by atomic mass is 16.5. The van der Waals surface area contributed by atoms with E-state index >= 15 is 0 Å². The van der Waals surface area contributed by atoms with Gasteiger partial charge in [0.05, 0.1) is 6.61 Å². The number of carbonyl (C=O) groups is 1. The highest BCUT2D eigenvalue weighted by Crippen LogP contribution is 2.28. The van der Waals surface area contributed by atoms with Gasteiger partial charge in [-0.3, -0.25) is 4.79 Å². The summed E-state index contributed by atoms with van der Waals surface area (Å²) in [6, 6.07) is 13.0. The van der Waals surface area contributed by atoms with E-state index in [4.69, 9.17) is 4.74 Å². The summed E-state index contributed by atoms with van der Waals surface area (Å²) in [5.74, 6) is -0.598.